The molecule has 1 aromatic heterocycles. The van der Waals surface area contributed by atoms with E-state index in [2.05, 4.69) is 5.32 Å². The van der Waals surface area contributed by atoms with Crippen LogP contribution in [-0.2, 0) is 0 Å². The second kappa shape index (κ2) is 5.70. The van der Waals surface area contributed by atoms with Crippen molar-refractivity contribution in [1.29, 1.82) is 0 Å². The number of hydrogen-bond acceptors (Lipinski definition) is 3. The smallest absolute Gasteiger partial charge is 0.337 e. The molecular formula is C13H10INO3S. The van der Waals surface area contributed by atoms with Gasteiger partial charge in [0.2, 0.25) is 0 Å². The van der Waals surface area contributed by atoms with Gasteiger partial charge in [-0.15, -0.1) is 11.3 Å². The summed E-state index contributed by atoms with van der Waals surface area (Å²) in [5.74, 6) is -1.35. The Morgan fingerprint density at radius 2 is 2.00 bits per heavy atom. The highest BCUT2D eigenvalue weighted by Crippen LogP contribution is 2.21. The molecule has 1 aromatic carbocycles. The predicted octanol–water partition coefficient (Wildman–Crippen LogP) is 3.61. The SMILES string of the molecule is Cc1ccc(C(=O)Nc2ccc(I)cc2C(=O)O)s1. The first-order chi connectivity index (χ1) is 8.97. The van der Waals surface area contributed by atoms with E-state index in [1.54, 1.807) is 18.2 Å². The van der Waals surface area contributed by atoms with Gasteiger partial charge in [-0.3, -0.25) is 4.79 Å². The molecule has 0 aliphatic carbocycles. The molecule has 0 fully saturated rings. The maximum Gasteiger partial charge on any atom is 0.337 e. The summed E-state index contributed by atoms with van der Waals surface area (Å²) in [6, 6.07) is 8.46. The Labute approximate surface area is 127 Å². The maximum absolute atomic E-state index is 12.0. The third-order valence-electron chi connectivity index (χ3n) is 2.42. The summed E-state index contributed by atoms with van der Waals surface area (Å²) in [5.41, 5.74) is 0.400. The van der Waals surface area contributed by atoms with Crippen molar-refractivity contribution in [3.8, 4) is 0 Å². The van der Waals surface area contributed by atoms with E-state index in [1.807, 2.05) is 35.6 Å². The standard InChI is InChI=1S/C13H10INO3S/c1-7-2-5-11(19-7)12(16)15-10-4-3-8(14)6-9(10)13(17)18/h2-6H,1H3,(H,15,16)(H,17,18). The normalized spacial score (nSPS) is 10.2. The summed E-state index contributed by atoms with van der Waals surface area (Å²) in [4.78, 5) is 24.7. The molecule has 4 nitrogen and oxygen atoms in total. The maximum atomic E-state index is 12.0. The van der Waals surface area contributed by atoms with Crippen LogP contribution in [0.25, 0.3) is 0 Å². The average molecular weight is 387 g/mol. The molecule has 0 unspecified atom stereocenters. The van der Waals surface area contributed by atoms with Crippen LogP contribution < -0.4 is 5.32 Å². The summed E-state index contributed by atoms with van der Waals surface area (Å²) in [7, 11) is 0. The Bertz CT molecular complexity index is 651. The van der Waals surface area contributed by atoms with Crippen molar-refractivity contribution in [3.63, 3.8) is 0 Å². The third kappa shape index (κ3) is 3.32. The monoisotopic (exact) mass is 387 g/mol. The van der Waals surface area contributed by atoms with Crippen LogP contribution in [0, 0.1) is 10.5 Å². The lowest BCUT2D eigenvalue weighted by molar-refractivity contribution is 0.0698. The van der Waals surface area contributed by atoms with Crippen molar-refractivity contribution in [2.45, 2.75) is 6.92 Å². The van der Waals surface area contributed by atoms with Crippen molar-refractivity contribution in [2.24, 2.45) is 0 Å². The summed E-state index contributed by atoms with van der Waals surface area (Å²) < 4.78 is 0.806. The van der Waals surface area contributed by atoms with Crippen molar-refractivity contribution < 1.29 is 14.7 Å². The van der Waals surface area contributed by atoms with Crippen molar-refractivity contribution >= 4 is 51.5 Å². The number of halogens is 1. The molecule has 0 saturated carbocycles. The van der Waals surface area contributed by atoms with Crippen molar-refractivity contribution in [3.05, 3.63) is 49.2 Å². The van der Waals surface area contributed by atoms with E-state index in [9.17, 15) is 9.59 Å². The molecule has 6 heteroatoms. The number of rotatable bonds is 3. The molecule has 2 N–H and O–H groups in total. The highest BCUT2D eigenvalue weighted by atomic mass is 127. The predicted molar refractivity (Wildman–Crippen MR) is 83.1 cm³/mol. The Morgan fingerprint density at radius 1 is 1.26 bits per heavy atom. The number of hydrogen-bond donors (Lipinski definition) is 2. The lowest BCUT2D eigenvalue weighted by Crippen LogP contribution is -2.13. The van der Waals surface area contributed by atoms with Crippen molar-refractivity contribution in [1.82, 2.24) is 0 Å². The number of carbonyl (C=O) groups excluding carboxylic acids is 1. The lowest BCUT2D eigenvalue weighted by Gasteiger charge is -2.07. The molecule has 0 aliphatic heterocycles. The fraction of sp³-hybridized carbons (Fsp3) is 0.0769. The zero-order valence-electron chi connectivity index (χ0n) is 9.94. The second-order valence-electron chi connectivity index (χ2n) is 3.86. The molecule has 0 saturated heterocycles. The highest BCUT2D eigenvalue weighted by molar-refractivity contribution is 14.1. The molecule has 1 heterocycles. The molecule has 0 atom stereocenters. The summed E-state index contributed by atoms with van der Waals surface area (Å²) in [5, 5.41) is 11.8. The largest absolute Gasteiger partial charge is 0.478 e. The van der Waals surface area contributed by atoms with Crippen LogP contribution in [0.15, 0.2) is 30.3 Å². The van der Waals surface area contributed by atoms with E-state index in [1.165, 1.54) is 17.4 Å². The van der Waals surface area contributed by atoms with Gasteiger partial charge >= 0.3 is 5.97 Å². The number of benzene rings is 1. The van der Waals surface area contributed by atoms with Crippen LogP contribution in [0.2, 0.25) is 0 Å². The first kappa shape index (κ1) is 14.0. The molecular weight excluding hydrogens is 377 g/mol. The molecule has 98 valence electrons. The van der Waals surface area contributed by atoms with Crippen LogP contribution in [0.4, 0.5) is 5.69 Å². The number of amides is 1. The minimum atomic E-state index is -1.06. The number of nitrogens with one attached hydrogen (secondary N) is 1. The van der Waals surface area contributed by atoms with Crippen molar-refractivity contribution in [2.75, 3.05) is 5.32 Å². The quantitative estimate of drug-likeness (QED) is 0.791. The van der Waals surface area contributed by atoms with Gasteiger partial charge in [-0.2, -0.15) is 0 Å². The molecule has 0 radical (unpaired) electrons. The van der Waals surface area contributed by atoms with E-state index >= 15 is 0 Å². The number of carboxylic acid groups (broad SMARTS) is 1. The highest BCUT2D eigenvalue weighted by Gasteiger charge is 2.14. The zero-order valence-corrected chi connectivity index (χ0v) is 12.9. The zero-order chi connectivity index (χ0) is 14.0. The van der Waals surface area contributed by atoms with Crippen LogP contribution in [0.5, 0.6) is 0 Å². The molecule has 2 aromatic rings. The van der Waals surface area contributed by atoms with Gasteiger partial charge in [0.1, 0.15) is 0 Å². The van der Waals surface area contributed by atoms with Crippen LogP contribution in [0.1, 0.15) is 24.9 Å². The van der Waals surface area contributed by atoms with E-state index < -0.39 is 5.97 Å². The average Bonchev–Trinajstić information content (AvgIpc) is 2.78. The van der Waals surface area contributed by atoms with Crippen LogP contribution in [0.3, 0.4) is 0 Å². The van der Waals surface area contributed by atoms with E-state index in [4.69, 9.17) is 5.11 Å². The number of anilines is 1. The lowest BCUT2D eigenvalue weighted by atomic mass is 10.2. The van der Waals surface area contributed by atoms with Crippen LogP contribution in [-0.4, -0.2) is 17.0 Å². The summed E-state index contributed by atoms with van der Waals surface area (Å²) in [6.45, 7) is 1.91. The summed E-state index contributed by atoms with van der Waals surface area (Å²) in [6.07, 6.45) is 0. The molecule has 0 bridgehead atoms. The minimum Gasteiger partial charge on any atom is -0.478 e. The summed E-state index contributed by atoms with van der Waals surface area (Å²) >= 11 is 3.40. The second-order valence-corrected chi connectivity index (χ2v) is 6.39. The Morgan fingerprint density at radius 3 is 2.58 bits per heavy atom. The van der Waals surface area contributed by atoms with E-state index in [-0.39, 0.29) is 11.5 Å². The minimum absolute atomic E-state index is 0.0912. The molecule has 2 rings (SSSR count). The van der Waals surface area contributed by atoms with Gasteiger partial charge in [0.05, 0.1) is 16.1 Å². The van der Waals surface area contributed by atoms with Gasteiger partial charge in [0, 0.05) is 8.45 Å². The van der Waals surface area contributed by atoms with Gasteiger partial charge in [0.15, 0.2) is 0 Å². The Hall–Kier alpha value is -1.41. The Balaban J connectivity index is 2.28. The molecule has 19 heavy (non-hydrogen) atoms. The fourth-order valence-corrected chi connectivity index (χ4v) is 2.80. The van der Waals surface area contributed by atoms with Gasteiger partial charge in [-0.25, -0.2) is 4.79 Å². The number of aromatic carboxylic acids is 1. The van der Waals surface area contributed by atoms with E-state index in [0.717, 1.165) is 8.45 Å². The first-order valence-corrected chi connectivity index (χ1v) is 7.27. The molecule has 1 amide bonds. The Kier molecular flexibility index (Phi) is 4.20. The van der Waals surface area contributed by atoms with Gasteiger partial charge < -0.3 is 10.4 Å². The van der Waals surface area contributed by atoms with Crippen LogP contribution >= 0.6 is 33.9 Å². The van der Waals surface area contributed by atoms with Gasteiger partial charge in [-0.1, -0.05) is 0 Å². The number of thiophene rings is 1. The molecule has 0 spiro atoms. The number of aryl methyl sites for hydroxylation is 1. The number of carboxylic acids is 1. The molecule has 0 aliphatic rings. The third-order valence-corrected chi connectivity index (χ3v) is 4.09. The topological polar surface area (TPSA) is 66.4 Å². The fourth-order valence-electron chi connectivity index (χ4n) is 1.54. The van der Waals surface area contributed by atoms with Gasteiger partial charge in [-0.05, 0) is 59.8 Å². The first-order valence-electron chi connectivity index (χ1n) is 5.38. The van der Waals surface area contributed by atoms with Gasteiger partial charge in [0.25, 0.3) is 5.91 Å². The van der Waals surface area contributed by atoms with E-state index in [0.29, 0.717) is 10.6 Å². The number of carbonyl (C=O) groups is 2.